The maximum absolute atomic E-state index is 11.5. The normalized spacial score (nSPS) is 27.0. The third-order valence-electron chi connectivity index (χ3n) is 2.54. The summed E-state index contributed by atoms with van der Waals surface area (Å²) in [5, 5.41) is 9.53. The van der Waals surface area contributed by atoms with Crippen molar-refractivity contribution in [2.24, 2.45) is 5.92 Å². The fourth-order valence-electron chi connectivity index (χ4n) is 1.77. The van der Waals surface area contributed by atoms with Crippen LogP contribution >= 0.6 is 0 Å². The van der Waals surface area contributed by atoms with E-state index in [0.29, 0.717) is 12.8 Å². The number of Topliss-reactive ketones (excluding diaryl/α,β-unsaturated/α-hetero) is 1. The van der Waals surface area contributed by atoms with Gasteiger partial charge < -0.3 is 9.84 Å². The Morgan fingerprint density at radius 1 is 1.36 bits per heavy atom. The van der Waals surface area contributed by atoms with Gasteiger partial charge in [-0.25, -0.2) is 4.79 Å². The first-order valence-corrected chi connectivity index (χ1v) is 5.05. The molecule has 0 bridgehead atoms. The van der Waals surface area contributed by atoms with Crippen LogP contribution in [-0.4, -0.2) is 29.6 Å². The van der Waals surface area contributed by atoms with Gasteiger partial charge in [0.25, 0.3) is 0 Å². The molecule has 1 fully saturated rings. The first kappa shape index (κ1) is 11.2. The molecule has 1 saturated carbocycles. The van der Waals surface area contributed by atoms with Crippen molar-refractivity contribution in [3.63, 3.8) is 0 Å². The second-order valence-electron chi connectivity index (χ2n) is 3.54. The minimum Gasteiger partial charge on any atom is -0.460 e. The van der Waals surface area contributed by atoms with Crippen LogP contribution in [0.1, 0.15) is 32.6 Å². The predicted octanol–water partition coefficient (Wildman–Crippen LogP) is 0.670. The molecule has 80 valence electrons. The summed E-state index contributed by atoms with van der Waals surface area (Å²) in [6.07, 6.45) is 2.36. The van der Waals surface area contributed by atoms with Crippen molar-refractivity contribution in [2.45, 2.75) is 38.7 Å². The van der Waals surface area contributed by atoms with Gasteiger partial charge in [0.15, 0.2) is 0 Å². The number of rotatable bonds is 3. The molecule has 1 N–H and O–H groups in total. The van der Waals surface area contributed by atoms with E-state index >= 15 is 0 Å². The van der Waals surface area contributed by atoms with Gasteiger partial charge in [0.2, 0.25) is 5.78 Å². The minimum absolute atomic E-state index is 0.202. The van der Waals surface area contributed by atoms with Gasteiger partial charge in [0.1, 0.15) is 0 Å². The molecule has 0 aromatic carbocycles. The Labute approximate surface area is 83.2 Å². The zero-order chi connectivity index (χ0) is 10.6. The Balaban J connectivity index is 2.53. The molecule has 4 nitrogen and oxygen atoms in total. The number of aliphatic hydroxyl groups is 1. The molecule has 0 amide bonds. The zero-order valence-corrected chi connectivity index (χ0v) is 8.36. The van der Waals surface area contributed by atoms with Crippen molar-refractivity contribution in [3.05, 3.63) is 0 Å². The highest BCUT2D eigenvalue weighted by Gasteiger charge is 2.33. The molecule has 0 radical (unpaired) electrons. The highest BCUT2D eigenvalue weighted by atomic mass is 16.5. The molecule has 1 aliphatic rings. The molecule has 2 atom stereocenters. The van der Waals surface area contributed by atoms with Crippen LogP contribution in [0, 0.1) is 5.92 Å². The van der Waals surface area contributed by atoms with E-state index in [1.54, 1.807) is 6.92 Å². The monoisotopic (exact) mass is 200 g/mol. The summed E-state index contributed by atoms with van der Waals surface area (Å²) in [6, 6.07) is 0. The molecule has 0 saturated heterocycles. The Morgan fingerprint density at radius 2 is 2.00 bits per heavy atom. The predicted molar refractivity (Wildman–Crippen MR) is 49.6 cm³/mol. The fraction of sp³-hybridized carbons (Fsp3) is 0.800. The minimum atomic E-state index is -0.807. The number of carbonyl (C=O) groups excluding carboxylic acids is 2. The lowest BCUT2D eigenvalue weighted by Crippen LogP contribution is -2.36. The summed E-state index contributed by atoms with van der Waals surface area (Å²) in [4.78, 5) is 22.6. The molecule has 1 aliphatic carbocycles. The maximum atomic E-state index is 11.5. The van der Waals surface area contributed by atoms with E-state index in [1.165, 1.54) is 0 Å². The molecule has 0 aromatic rings. The van der Waals surface area contributed by atoms with E-state index < -0.39 is 23.8 Å². The van der Waals surface area contributed by atoms with Crippen LogP contribution in [-0.2, 0) is 14.3 Å². The number of ketones is 1. The molecule has 0 spiro atoms. The third-order valence-corrected chi connectivity index (χ3v) is 2.54. The summed E-state index contributed by atoms with van der Waals surface area (Å²) in [5.41, 5.74) is 0. The van der Waals surface area contributed by atoms with Crippen LogP contribution in [0.2, 0.25) is 0 Å². The van der Waals surface area contributed by atoms with Gasteiger partial charge in [0.05, 0.1) is 18.6 Å². The number of carbonyl (C=O) groups is 2. The van der Waals surface area contributed by atoms with Gasteiger partial charge in [-0.15, -0.1) is 0 Å². The molecular weight excluding hydrogens is 184 g/mol. The first-order valence-electron chi connectivity index (χ1n) is 5.05. The Bertz CT molecular complexity index is 224. The van der Waals surface area contributed by atoms with E-state index in [4.69, 9.17) is 0 Å². The lowest BCUT2D eigenvalue weighted by Gasteiger charge is -2.25. The van der Waals surface area contributed by atoms with Gasteiger partial charge in [-0.1, -0.05) is 12.8 Å². The highest BCUT2D eigenvalue weighted by molar-refractivity contribution is 6.34. The van der Waals surface area contributed by atoms with E-state index in [1.807, 2.05) is 0 Å². The van der Waals surface area contributed by atoms with Gasteiger partial charge in [-0.2, -0.15) is 0 Å². The SMILES string of the molecule is CCOC(=O)C(=O)C1CCCCC1O. The molecule has 0 aromatic heterocycles. The maximum Gasteiger partial charge on any atom is 0.374 e. The summed E-state index contributed by atoms with van der Waals surface area (Å²) in [5.74, 6) is -1.92. The summed E-state index contributed by atoms with van der Waals surface area (Å²) in [6.45, 7) is 1.86. The van der Waals surface area contributed by atoms with Gasteiger partial charge in [-0.3, -0.25) is 4.79 Å². The summed E-state index contributed by atoms with van der Waals surface area (Å²) >= 11 is 0. The van der Waals surface area contributed by atoms with Crippen LogP contribution in [0.4, 0.5) is 0 Å². The molecule has 1 rings (SSSR count). The van der Waals surface area contributed by atoms with Crippen molar-refractivity contribution in [3.8, 4) is 0 Å². The van der Waals surface area contributed by atoms with Crippen LogP contribution in [0.5, 0.6) is 0 Å². The van der Waals surface area contributed by atoms with E-state index in [0.717, 1.165) is 12.8 Å². The van der Waals surface area contributed by atoms with Crippen molar-refractivity contribution in [1.29, 1.82) is 0 Å². The van der Waals surface area contributed by atoms with E-state index in [-0.39, 0.29) is 6.61 Å². The lowest BCUT2D eigenvalue weighted by atomic mass is 9.84. The fourth-order valence-corrected chi connectivity index (χ4v) is 1.77. The van der Waals surface area contributed by atoms with E-state index in [9.17, 15) is 14.7 Å². The standard InChI is InChI=1S/C10H16O4/c1-2-14-10(13)9(12)7-5-3-4-6-8(7)11/h7-8,11H,2-6H2,1H3. The molecule has 0 aliphatic heterocycles. The number of hydrogen-bond acceptors (Lipinski definition) is 4. The van der Waals surface area contributed by atoms with Crippen LogP contribution < -0.4 is 0 Å². The molecule has 4 heteroatoms. The largest absolute Gasteiger partial charge is 0.460 e. The molecular formula is C10H16O4. The molecule has 0 heterocycles. The van der Waals surface area contributed by atoms with Gasteiger partial charge in [0, 0.05) is 0 Å². The second-order valence-corrected chi connectivity index (χ2v) is 3.54. The topological polar surface area (TPSA) is 63.6 Å². The Kier molecular flexibility index (Phi) is 4.07. The number of esters is 1. The second kappa shape index (κ2) is 5.10. The smallest absolute Gasteiger partial charge is 0.374 e. The molecule has 14 heavy (non-hydrogen) atoms. The number of hydrogen-bond donors (Lipinski definition) is 1. The molecule has 2 unspecified atom stereocenters. The number of aliphatic hydroxyl groups excluding tert-OH is 1. The van der Waals surface area contributed by atoms with E-state index in [2.05, 4.69) is 4.74 Å². The van der Waals surface area contributed by atoms with Crippen LogP contribution in [0.3, 0.4) is 0 Å². The zero-order valence-electron chi connectivity index (χ0n) is 8.36. The highest BCUT2D eigenvalue weighted by Crippen LogP contribution is 2.25. The van der Waals surface area contributed by atoms with Gasteiger partial charge >= 0.3 is 5.97 Å². The average molecular weight is 200 g/mol. The summed E-state index contributed by atoms with van der Waals surface area (Å²) in [7, 11) is 0. The van der Waals surface area contributed by atoms with Crippen molar-refractivity contribution in [1.82, 2.24) is 0 Å². The Hall–Kier alpha value is -0.900. The number of ether oxygens (including phenoxy) is 1. The van der Waals surface area contributed by atoms with Crippen molar-refractivity contribution < 1.29 is 19.4 Å². The lowest BCUT2D eigenvalue weighted by molar-refractivity contribution is -0.157. The first-order chi connectivity index (χ1) is 6.66. The van der Waals surface area contributed by atoms with Crippen LogP contribution in [0.25, 0.3) is 0 Å². The quantitative estimate of drug-likeness (QED) is 0.537. The third kappa shape index (κ3) is 2.54. The van der Waals surface area contributed by atoms with Crippen molar-refractivity contribution in [2.75, 3.05) is 6.61 Å². The Morgan fingerprint density at radius 3 is 2.57 bits per heavy atom. The average Bonchev–Trinajstić information content (AvgIpc) is 2.18. The van der Waals surface area contributed by atoms with Gasteiger partial charge in [-0.05, 0) is 19.8 Å². The van der Waals surface area contributed by atoms with Crippen molar-refractivity contribution >= 4 is 11.8 Å². The van der Waals surface area contributed by atoms with Crippen LogP contribution in [0.15, 0.2) is 0 Å². The summed E-state index contributed by atoms with van der Waals surface area (Å²) < 4.78 is 4.61.